The maximum atomic E-state index is 12.5. The van der Waals surface area contributed by atoms with Crippen molar-refractivity contribution < 1.29 is 8.42 Å². The third-order valence-electron chi connectivity index (χ3n) is 3.97. The Morgan fingerprint density at radius 1 is 1.40 bits per heavy atom. The minimum absolute atomic E-state index is 0.238. The van der Waals surface area contributed by atoms with Crippen LogP contribution >= 0.6 is 0 Å². The zero-order valence-corrected chi connectivity index (χ0v) is 13.5. The number of rotatable bonds is 6. The second-order valence-corrected chi connectivity index (χ2v) is 7.90. The van der Waals surface area contributed by atoms with Crippen LogP contribution in [-0.2, 0) is 16.6 Å². The Balaban J connectivity index is 2.29. The van der Waals surface area contributed by atoms with Crippen molar-refractivity contribution in [3.05, 3.63) is 18.0 Å². The van der Waals surface area contributed by atoms with Crippen molar-refractivity contribution in [3.63, 3.8) is 0 Å². The van der Waals surface area contributed by atoms with Gasteiger partial charge < -0.3 is 9.88 Å². The Bertz CT molecular complexity index is 571. The van der Waals surface area contributed by atoms with Crippen LogP contribution in [0.2, 0.25) is 0 Å². The topological polar surface area (TPSA) is 63.1 Å². The van der Waals surface area contributed by atoms with Crippen LogP contribution in [0.5, 0.6) is 0 Å². The molecule has 0 amide bonds. The Morgan fingerprint density at radius 3 is 2.50 bits per heavy atom. The summed E-state index contributed by atoms with van der Waals surface area (Å²) in [7, 11) is -1.57. The molecule has 0 aromatic carbocycles. The molecule has 1 fully saturated rings. The summed E-state index contributed by atoms with van der Waals surface area (Å²) in [5, 5.41) is 3.08. The predicted molar refractivity (Wildman–Crippen MR) is 80.2 cm³/mol. The summed E-state index contributed by atoms with van der Waals surface area (Å²) in [5.41, 5.74) is 0.726. The Kier molecular flexibility index (Phi) is 4.27. The summed E-state index contributed by atoms with van der Waals surface area (Å²) in [5.74, 6) is 0. The zero-order chi connectivity index (χ0) is 15.0. The lowest BCUT2D eigenvalue weighted by Crippen LogP contribution is -2.50. The van der Waals surface area contributed by atoms with Gasteiger partial charge in [0.1, 0.15) is 0 Å². The molecule has 0 unspecified atom stereocenters. The number of hydrogen-bond donors (Lipinski definition) is 2. The molecule has 2 N–H and O–H groups in total. The zero-order valence-electron chi connectivity index (χ0n) is 12.7. The molecule has 1 aromatic heterocycles. The van der Waals surface area contributed by atoms with E-state index in [1.807, 2.05) is 18.5 Å². The molecule has 114 valence electrons. The van der Waals surface area contributed by atoms with Crippen LogP contribution in [0, 0.1) is 0 Å². The lowest BCUT2D eigenvalue weighted by atomic mass is 9.80. The van der Waals surface area contributed by atoms with Crippen LogP contribution in [0.1, 0.15) is 51.8 Å². The van der Waals surface area contributed by atoms with E-state index in [9.17, 15) is 8.42 Å². The van der Waals surface area contributed by atoms with Crippen LogP contribution in [0.25, 0.3) is 0 Å². The molecule has 1 saturated carbocycles. The molecule has 0 bridgehead atoms. The van der Waals surface area contributed by atoms with E-state index in [0.29, 0.717) is 11.4 Å². The van der Waals surface area contributed by atoms with Gasteiger partial charge in [-0.2, -0.15) is 0 Å². The van der Waals surface area contributed by atoms with Gasteiger partial charge in [0.2, 0.25) is 10.0 Å². The first kappa shape index (κ1) is 15.5. The van der Waals surface area contributed by atoms with E-state index in [0.717, 1.165) is 25.0 Å². The van der Waals surface area contributed by atoms with Crippen molar-refractivity contribution in [2.24, 2.45) is 0 Å². The molecule has 0 atom stereocenters. The fraction of sp³-hybridized carbons (Fsp3) is 0.714. The maximum absolute atomic E-state index is 12.5. The van der Waals surface area contributed by atoms with Gasteiger partial charge in [-0.25, -0.2) is 13.1 Å². The second-order valence-electron chi connectivity index (χ2n) is 6.22. The van der Waals surface area contributed by atoms with Gasteiger partial charge in [0.05, 0.1) is 4.90 Å². The molecule has 6 heteroatoms. The summed E-state index contributed by atoms with van der Waals surface area (Å²) in [6, 6.07) is 2.00. The molecule has 1 aliphatic rings. The van der Waals surface area contributed by atoms with Crippen molar-refractivity contribution >= 4 is 10.0 Å². The van der Waals surface area contributed by atoms with Gasteiger partial charge in [-0.1, -0.05) is 0 Å². The van der Waals surface area contributed by atoms with E-state index >= 15 is 0 Å². The molecule has 1 aromatic rings. The molecule has 0 radical (unpaired) electrons. The van der Waals surface area contributed by atoms with Crippen LogP contribution in [0.4, 0.5) is 0 Å². The van der Waals surface area contributed by atoms with Gasteiger partial charge in [0, 0.05) is 30.0 Å². The van der Waals surface area contributed by atoms with Crippen molar-refractivity contribution in [2.75, 3.05) is 7.05 Å². The molecule has 5 nitrogen and oxygen atoms in total. The largest absolute Gasteiger partial charge is 0.346 e. The average Bonchev–Trinajstić information content (AvgIpc) is 2.72. The number of nitrogens with one attached hydrogen (secondary N) is 2. The van der Waals surface area contributed by atoms with E-state index < -0.39 is 10.0 Å². The summed E-state index contributed by atoms with van der Waals surface area (Å²) in [4.78, 5) is 0.365. The van der Waals surface area contributed by atoms with Crippen molar-refractivity contribution in [1.82, 2.24) is 14.6 Å². The lowest BCUT2D eigenvalue weighted by molar-refractivity contribution is 0.248. The SMILES string of the molecule is CNCc1cc(S(=O)(=O)NC2(C)CCC2)cn1C(C)C. The minimum Gasteiger partial charge on any atom is -0.346 e. The van der Waals surface area contributed by atoms with Gasteiger partial charge in [0.25, 0.3) is 0 Å². The number of aromatic nitrogens is 1. The standard InChI is InChI=1S/C14H25N3O2S/c1-11(2)17-10-13(8-12(17)9-15-4)20(18,19)16-14(3)6-5-7-14/h8,10-11,15-16H,5-7,9H2,1-4H3. The average molecular weight is 299 g/mol. The van der Waals surface area contributed by atoms with Crippen LogP contribution in [-0.4, -0.2) is 25.6 Å². The van der Waals surface area contributed by atoms with Gasteiger partial charge in [0.15, 0.2) is 0 Å². The number of nitrogens with zero attached hydrogens (tertiary/aromatic N) is 1. The van der Waals surface area contributed by atoms with Gasteiger partial charge in [-0.05, 0) is 53.1 Å². The fourth-order valence-corrected chi connectivity index (χ4v) is 4.15. The maximum Gasteiger partial charge on any atom is 0.242 e. The van der Waals surface area contributed by atoms with Gasteiger partial charge >= 0.3 is 0 Å². The monoisotopic (exact) mass is 299 g/mol. The molecule has 1 heterocycles. The highest BCUT2D eigenvalue weighted by Gasteiger charge is 2.36. The molecular weight excluding hydrogens is 274 g/mol. The third kappa shape index (κ3) is 3.07. The Hall–Kier alpha value is -0.850. The molecule has 1 aliphatic carbocycles. The van der Waals surface area contributed by atoms with E-state index in [2.05, 4.69) is 23.9 Å². The summed E-state index contributed by atoms with van der Waals surface area (Å²) in [6.07, 6.45) is 4.67. The highest BCUT2D eigenvalue weighted by molar-refractivity contribution is 7.89. The molecule has 0 aliphatic heterocycles. The Morgan fingerprint density at radius 2 is 2.05 bits per heavy atom. The van der Waals surface area contributed by atoms with Gasteiger partial charge in [-0.3, -0.25) is 0 Å². The molecule has 0 saturated heterocycles. The van der Waals surface area contributed by atoms with Crippen molar-refractivity contribution in [3.8, 4) is 0 Å². The third-order valence-corrected chi connectivity index (χ3v) is 5.57. The fourth-order valence-electron chi connectivity index (χ4n) is 2.64. The summed E-state index contributed by atoms with van der Waals surface area (Å²) >= 11 is 0. The van der Waals surface area contributed by atoms with E-state index in [1.165, 1.54) is 0 Å². The number of sulfonamides is 1. The second kappa shape index (κ2) is 5.50. The normalized spacial score (nSPS) is 18.2. The van der Waals surface area contributed by atoms with Crippen LogP contribution in [0.15, 0.2) is 17.2 Å². The minimum atomic E-state index is -3.43. The van der Waals surface area contributed by atoms with E-state index in [4.69, 9.17) is 0 Å². The summed E-state index contributed by atoms with van der Waals surface area (Å²) < 4.78 is 29.8. The van der Waals surface area contributed by atoms with Crippen molar-refractivity contribution in [2.45, 2.75) is 63.1 Å². The first-order valence-electron chi connectivity index (χ1n) is 7.17. The highest BCUT2D eigenvalue weighted by Crippen LogP contribution is 2.33. The van der Waals surface area contributed by atoms with E-state index in [1.54, 1.807) is 12.3 Å². The molecule has 20 heavy (non-hydrogen) atoms. The highest BCUT2D eigenvalue weighted by atomic mass is 32.2. The summed E-state index contributed by atoms with van der Waals surface area (Å²) in [6.45, 7) is 6.74. The van der Waals surface area contributed by atoms with E-state index in [-0.39, 0.29) is 11.6 Å². The first-order chi connectivity index (χ1) is 9.27. The predicted octanol–water partition coefficient (Wildman–Crippen LogP) is 2.01. The number of hydrogen-bond acceptors (Lipinski definition) is 3. The molecule has 2 rings (SSSR count). The molecule has 0 spiro atoms. The molecular formula is C14H25N3O2S. The van der Waals surface area contributed by atoms with Gasteiger partial charge in [-0.15, -0.1) is 0 Å². The van der Waals surface area contributed by atoms with Crippen LogP contribution < -0.4 is 10.0 Å². The first-order valence-corrected chi connectivity index (χ1v) is 8.65. The van der Waals surface area contributed by atoms with Crippen LogP contribution in [0.3, 0.4) is 0 Å². The lowest BCUT2D eigenvalue weighted by Gasteiger charge is -2.38. The van der Waals surface area contributed by atoms with Crippen molar-refractivity contribution in [1.29, 1.82) is 0 Å². The quantitative estimate of drug-likeness (QED) is 0.844. The Labute approximate surface area is 121 Å². The smallest absolute Gasteiger partial charge is 0.242 e.